The number of nitrogens with one attached hydrogen (secondary N) is 1. The SMILES string of the molecule is Cc1cccc(NC(=O)c2csc(N)n2)c1C#N. The molecule has 0 fully saturated rings. The number of aromatic nitrogens is 1. The van der Waals surface area contributed by atoms with E-state index in [1.165, 1.54) is 11.3 Å². The number of anilines is 2. The molecule has 6 heteroatoms. The number of nitrogen functional groups attached to an aromatic ring is 1. The number of hydrogen-bond acceptors (Lipinski definition) is 5. The number of carbonyl (C=O) groups excluding carboxylic acids is 1. The van der Waals surface area contributed by atoms with E-state index in [9.17, 15) is 4.79 Å². The zero-order valence-corrected chi connectivity index (χ0v) is 10.4. The highest BCUT2D eigenvalue weighted by atomic mass is 32.1. The van der Waals surface area contributed by atoms with Crippen molar-refractivity contribution in [3.63, 3.8) is 0 Å². The fourth-order valence-corrected chi connectivity index (χ4v) is 2.04. The molecule has 0 atom stereocenters. The summed E-state index contributed by atoms with van der Waals surface area (Å²) < 4.78 is 0. The lowest BCUT2D eigenvalue weighted by atomic mass is 10.1. The van der Waals surface area contributed by atoms with E-state index in [2.05, 4.69) is 16.4 Å². The second kappa shape index (κ2) is 4.85. The molecule has 1 amide bonds. The molecule has 0 unspecified atom stereocenters. The van der Waals surface area contributed by atoms with E-state index in [4.69, 9.17) is 11.0 Å². The van der Waals surface area contributed by atoms with Gasteiger partial charge < -0.3 is 11.1 Å². The van der Waals surface area contributed by atoms with E-state index in [0.717, 1.165) is 5.56 Å². The predicted octanol–water partition coefficient (Wildman–Crippen LogP) is 2.16. The molecule has 0 aliphatic rings. The minimum atomic E-state index is -0.370. The van der Waals surface area contributed by atoms with Crippen LogP contribution in [0.15, 0.2) is 23.6 Å². The van der Waals surface area contributed by atoms with Crippen molar-refractivity contribution in [3.8, 4) is 6.07 Å². The summed E-state index contributed by atoms with van der Waals surface area (Å²) in [6.45, 7) is 1.81. The van der Waals surface area contributed by atoms with E-state index in [0.29, 0.717) is 16.4 Å². The summed E-state index contributed by atoms with van der Waals surface area (Å²) in [5.74, 6) is -0.370. The number of carbonyl (C=O) groups is 1. The van der Waals surface area contributed by atoms with Crippen LogP contribution in [0.25, 0.3) is 0 Å². The minimum Gasteiger partial charge on any atom is -0.375 e. The van der Waals surface area contributed by atoms with Crippen LogP contribution in [0.3, 0.4) is 0 Å². The summed E-state index contributed by atoms with van der Waals surface area (Å²) in [5, 5.41) is 13.6. The molecule has 0 radical (unpaired) electrons. The highest BCUT2D eigenvalue weighted by Crippen LogP contribution is 2.20. The van der Waals surface area contributed by atoms with Crippen LogP contribution >= 0.6 is 11.3 Å². The Morgan fingerprint density at radius 1 is 1.56 bits per heavy atom. The molecule has 3 N–H and O–H groups in total. The van der Waals surface area contributed by atoms with Crippen molar-refractivity contribution in [3.05, 3.63) is 40.4 Å². The second-order valence-electron chi connectivity index (χ2n) is 3.63. The number of thiazole rings is 1. The Kier molecular flexibility index (Phi) is 3.26. The van der Waals surface area contributed by atoms with Crippen molar-refractivity contribution < 1.29 is 4.79 Å². The summed E-state index contributed by atoms with van der Waals surface area (Å²) in [6.07, 6.45) is 0. The fraction of sp³-hybridized carbons (Fsp3) is 0.0833. The largest absolute Gasteiger partial charge is 0.375 e. The van der Waals surface area contributed by atoms with E-state index in [-0.39, 0.29) is 11.6 Å². The van der Waals surface area contributed by atoms with Gasteiger partial charge in [-0.1, -0.05) is 12.1 Å². The summed E-state index contributed by atoms with van der Waals surface area (Å²) >= 11 is 1.20. The number of amides is 1. The van der Waals surface area contributed by atoms with Crippen LogP contribution in [0, 0.1) is 18.3 Å². The maximum Gasteiger partial charge on any atom is 0.275 e. The molecular weight excluding hydrogens is 248 g/mol. The number of nitrogens with zero attached hydrogens (tertiary/aromatic N) is 2. The standard InChI is InChI=1S/C12H10N4OS/c1-7-3-2-4-9(8(7)5-13)15-11(17)10-6-18-12(14)16-10/h2-4,6H,1H3,(H2,14,16)(H,15,17). The lowest BCUT2D eigenvalue weighted by Crippen LogP contribution is -2.13. The topological polar surface area (TPSA) is 91.8 Å². The zero-order valence-electron chi connectivity index (χ0n) is 9.60. The van der Waals surface area contributed by atoms with Gasteiger partial charge in [0.1, 0.15) is 11.8 Å². The van der Waals surface area contributed by atoms with Crippen LogP contribution in [-0.2, 0) is 0 Å². The molecule has 0 saturated carbocycles. The molecule has 0 spiro atoms. The molecular formula is C12H10N4OS. The molecule has 5 nitrogen and oxygen atoms in total. The second-order valence-corrected chi connectivity index (χ2v) is 4.52. The van der Waals surface area contributed by atoms with Gasteiger partial charge in [-0.05, 0) is 18.6 Å². The third kappa shape index (κ3) is 2.31. The maximum atomic E-state index is 11.9. The number of benzene rings is 1. The average Bonchev–Trinajstić information content (AvgIpc) is 2.76. The first-order valence-electron chi connectivity index (χ1n) is 5.14. The van der Waals surface area contributed by atoms with Gasteiger partial charge >= 0.3 is 0 Å². The summed E-state index contributed by atoms with van der Waals surface area (Å²) in [5.41, 5.74) is 7.46. The molecule has 90 valence electrons. The molecule has 0 aliphatic carbocycles. The smallest absolute Gasteiger partial charge is 0.275 e. The van der Waals surface area contributed by atoms with Gasteiger partial charge in [-0.25, -0.2) is 4.98 Å². The Balaban J connectivity index is 2.28. The van der Waals surface area contributed by atoms with Gasteiger partial charge in [0.25, 0.3) is 5.91 Å². The minimum absolute atomic E-state index is 0.253. The molecule has 0 bridgehead atoms. The van der Waals surface area contributed by atoms with Crippen LogP contribution in [-0.4, -0.2) is 10.9 Å². The normalized spacial score (nSPS) is 9.78. The van der Waals surface area contributed by atoms with Crippen LogP contribution < -0.4 is 11.1 Å². The molecule has 1 heterocycles. The van der Waals surface area contributed by atoms with Crippen molar-refractivity contribution in [2.24, 2.45) is 0 Å². The summed E-state index contributed by atoms with van der Waals surface area (Å²) in [7, 11) is 0. The van der Waals surface area contributed by atoms with E-state index < -0.39 is 0 Å². The van der Waals surface area contributed by atoms with Gasteiger partial charge in [0, 0.05) is 5.38 Å². The van der Waals surface area contributed by atoms with E-state index in [1.54, 1.807) is 17.5 Å². The molecule has 0 saturated heterocycles. The molecule has 0 aliphatic heterocycles. The molecule has 1 aromatic carbocycles. The summed E-state index contributed by atoms with van der Waals surface area (Å²) in [4.78, 5) is 15.8. The van der Waals surface area contributed by atoms with Gasteiger partial charge in [0.05, 0.1) is 11.3 Å². The Morgan fingerprint density at radius 3 is 2.94 bits per heavy atom. The quantitative estimate of drug-likeness (QED) is 0.863. The van der Waals surface area contributed by atoms with Crippen LogP contribution in [0.5, 0.6) is 0 Å². The number of nitrogens with two attached hydrogens (primary N) is 1. The monoisotopic (exact) mass is 258 g/mol. The molecule has 2 aromatic rings. The first-order chi connectivity index (χ1) is 8.61. The van der Waals surface area contributed by atoms with Crippen LogP contribution in [0.2, 0.25) is 0 Å². The Hall–Kier alpha value is -2.39. The number of aryl methyl sites for hydroxylation is 1. The van der Waals surface area contributed by atoms with E-state index >= 15 is 0 Å². The van der Waals surface area contributed by atoms with Gasteiger partial charge in [0.15, 0.2) is 5.13 Å². The Bertz CT molecular complexity index is 642. The lowest BCUT2D eigenvalue weighted by molar-refractivity contribution is 0.102. The van der Waals surface area contributed by atoms with Gasteiger partial charge in [-0.15, -0.1) is 11.3 Å². The van der Waals surface area contributed by atoms with Crippen molar-refractivity contribution >= 4 is 28.1 Å². The highest BCUT2D eigenvalue weighted by Gasteiger charge is 2.12. The van der Waals surface area contributed by atoms with Gasteiger partial charge in [0.2, 0.25) is 0 Å². The number of nitriles is 1. The zero-order chi connectivity index (χ0) is 13.1. The van der Waals surface area contributed by atoms with Crippen molar-refractivity contribution in [2.75, 3.05) is 11.1 Å². The fourth-order valence-electron chi connectivity index (χ4n) is 1.50. The third-order valence-electron chi connectivity index (χ3n) is 2.39. The number of rotatable bonds is 2. The first kappa shape index (κ1) is 12.1. The van der Waals surface area contributed by atoms with Crippen LogP contribution in [0.4, 0.5) is 10.8 Å². The predicted molar refractivity (Wildman–Crippen MR) is 70.4 cm³/mol. The third-order valence-corrected chi connectivity index (χ3v) is 3.06. The molecule has 2 rings (SSSR count). The average molecular weight is 258 g/mol. The molecule has 1 aromatic heterocycles. The van der Waals surface area contributed by atoms with Crippen molar-refractivity contribution in [2.45, 2.75) is 6.92 Å². The molecule has 18 heavy (non-hydrogen) atoms. The number of hydrogen-bond donors (Lipinski definition) is 2. The lowest BCUT2D eigenvalue weighted by Gasteiger charge is -2.07. The van der Waals surface area contributed by atoms with Gasteiger partial charge in [-0.2, -0.15) is 5.26 Å². The van der Waals surface area contributed by atoms with Gasteiger partial charge in [-0.3, -0.25) is 4.79 Å². The summed E-state index contributed by atoms with van der Waals surface area (Å²) in [6, 6.07) is 7.34. The van der Waals surface area contributed by atoms with Crippen LogP contribution in [0.1, 0.15) is 21.6 Å². The van der Waals surface area contributed by atoms with E-state index in [1.807, 2.05) is 13.0 Å². The maximum absolute atomic E-state index is 11.9. The van der Waals surface area contributed by atoms with Crippen molar-refractivity contribution in [1.29, 1.82) is 5.26 Å². The Morgan fingerprint density at radius 2 is 2.33 bits per heavy atom. The first-order valence-corrected chi connectivity index (χ1v) is 6.02. The van der Waals surface area contributed by atoms with Crippen molar-refractivity contribution in [1.82, 2.24) is 4.98 Å². The highest BCUT2D eigenvalue weighted by molar-refractivity contribution is 7.13. The Labute approximate surface area is 108 Å².